The van der Waals surface area contributed by atoms with Gasteiger partial charge in [-0.15, -0.1) is 13.2 Å². The van der Waals surface area contributed by atoms with E-state index in [-0.39, 0.29) is 18.1 Å². The molecule has 4 rings (SSSR count). The van der Waals surface area contributed by atoms with Crippen LogP contribution in [0.1, 0.15) is 49.1 Å². The van der Waals surface area contributed by atoms with Gasteiger partial charge in [-0.1, -0.05) is 24.1 Å². The Morgan fingerprint density at radius 1 is 1.21 bits per heavy atom. The molecular formula is C27H27F3N4O4. The van der Waals surface area contributed by atoms with Gasteiger partial charge in [-0.2, -0.15) is 0 Å². The van der Waals surface area contributed by atoms with Crippen molar-refractivity contribution in [3.05, 3.63) is 59.4 Å². The van der Waals surface area contributed by atoms with E-state index in [0.29, 0.717) is 43.5 Å². The number of halogens is 3. The van der Waals surface area contributed by atoms with E-state index in [1.54, 1.807) is 12.1 Å². The van der Waals surface area contributed by atoms with Crippen LogP contribution in [-0.4, -0.2) is 52.6 Å². The monoisotopic (exact) mass is 528 g/mol. The first-order valence-corrected chi connectivity index (χ1v) is 12.2. The number of rotatable bonds is 7. The van der Waals surface area contributed by atoms with Crippen LogP contribution < -0.4 is 15.8 Å². The number of hydrogen-bond acceptors (Lipinski definition) is 5. The van der Waals surface area contributed by atoms with Crippen molar-refractivity contribution >= 4 is 17.7 Å². The molecule has 0 radical (unpaired) electrons. The topological polar surface area (TPSA) is 115 Å². The molecule has 0 bridgehead atoms. The van der Waals surface area contributed by atoms with E-state index in [1.807, 2.05) is 13.0 Å². The van der Waals surface area contributed by atoms with E-state index in [0.717, 1.165) is 5.69 Å². The Bertz CT molecular complexity index is 1280. The van der Waals surface area contributed by atoms with Gasteiger partial charge in [0.05, 0.1) is 17.9 Å². The minimum absolute atomic E-state index is 0.207. The fourth-order valence-electron chi connectivity index (χ4n) is 4.66. The van der Waals surface area contributed by atoms with Crippen LogP contribution in [0.5, 0.6) is 5.75 Å². The van der Waals surface area contributed by atoms with Gasteiger partial charge in [-0.25, -0.2) is 4.98 Å². The first kappa shape index (κ1) is 27.0. The van der Waals surface area contributed by atoms with Crippen molar-refractivity contribution in [3.63, 3.8) is 0 Å². The Morgan fingerprint density at radius 3 is 2.53 bits per heavy atom. The maximum Gasteiger partial charge on any atom is 0.573 e. The molecule has 2 atom stereocenters. The average molecular weight is 529 g/mol. The Hall–Kier alpha value is -4.07. The van der Waals surface area contributed by atoms with Gasteiger partial charge in [0.25, 0.3) is 0 Å². The Kier molecular flexibility index (Phi) is 7.62. The molecule has 2 aliphatic rings. The molecule has 1 saturated carbocycles. The minimum atomic E-state index is -4.81. The van der Waals surface area contributed by atoms with Crippen LogP contribution >= 0.6 is 0 Å². The number of pyridine rings is 1. The van der Waals surface area contributed by atoms with Gasteiger partial charge >= 0.3 is 6.36 Å². The summed E-state index contributed by atoms with van der Waals surface area (Å²) in [6.45, 7) is 2.18. The molecule has 0 spiro atoms. The SMILES string of the molecule is Cc1cccc(C#C[C@H](CC(N)=O)NC(=O)[C@@H]2CCCN2C(=O)C2(c3ccc(OC(F)(F)F)cc3)CC2)n1. The molecule has 3 amide bonds. The number of nitrogens with two attached hydrogens (primary N) is 1. The third-order valence-corrected chi connectivity index (χ3v) is 6.60. The summed E-state index contributed by atoms with van der Waals surface area (Å²) in [7, 11) is 0. The Morgan fingerprint density at radius 2 is 1.92 bits per heavy atom. The molecular weight excluding hydrogens is 501 g/mol. The first-order chi connectivity index (χ1) is 18.0. The van der Waals surface area contributed by atoms with Crippen molar-refractivity contribution in [1.29, 1.82) is 0 Å². The van der Waals surface area contributed by atoms with Crippen molar-refractivity contribution in [2.45, 2.75) is 62.9 Å². The van der Waals surface area contributed by atoms with Gasteiger partial charge in [0.1, 0.15) is 17.5 Å². The van der Waals surface area contributed by atoms with Crippen molar-refractivity contribution in [1.82, 2.24) is 15.2 Å². The molecule has 0 unspecified atom stereocenters. The highest BCUT2D eigenvalue weighted by Crippen LogP contribution is 2.50. The van der Waals surface area contributed by atoms with Crippen molar-refractivity contribution in [3.8, 4) is 17.6 Å². The molecule has 200 valence electrons. The number of nitrogens with one attached hydrogen (secondary N) is 1. The lowest BCUT2D eigenvalue weighted by molar-refractivity contribution is -0.274. The number of amides is 3. The molecule has 2 aromatic rings. The number of aromatic nitrogens is 1. The summed E-state index contributed by atoms with van der Waals surface area (Å²) in [4.78, 5) is 44.2. The molecule has 1 aliphatic heterocycles. The maximum atomic E-state index is 13.6. The summed E-state index contributed by atoms with van der Waals surface area (Å²) in [6, 6.07) is 8.96. The number of alkyl halides is 3. The van der Waals surface area contributed by atoms with E-state index >= 15 is 0 Å². The number of benzene rings is 1. The van der Waals surface area contributed by atoms with Gasteiger partial charge in [0, 0.05) is 12.2 Å². The largest absolute Gasteiger partial charge is 0.573 e. The third kappa shape index (κ3) is 6.43. The summed E-state index contributed by atoms with van der Waals surface area (Å²) in [5, 5.41) is 2.74. The standard InChI is InChI=1S/C27H27F3N4O4/c1-17-4-2-5-19(32-17)9-10-20(16-23(31)35)33-24(36)22-6-3-15-34(22)25(37)26(13-14-26)18-7-11-21(12-8-18)38-27(28,29)30/h2,4-5,7-8,11-12,20,22H,3,6,13-16H2,1H3,(H2,31,35)(H,33,36)/t20-,22+/m1/s1. The van der Waals surface area contributed by atoms with Crippen LogP contribution in [-0.2, 0) is 19.8 Å². The van der Waals surface area contributed by atoms with E-state index in [9.17, 15) is 27.6 Å². The van der Waals surface area contributed by atoms with E-state index in [4.69, 9.17) is 5.73 Å². The van der Waals surface area contributed by atoms with Gasteiger partial charge in [-0.3, -0.25) is 14.4 Å². The van der Waals surface area contributed by atoms with Crippen molar-refractivity contribution in [2.24, 2.45) is 5.73 Å². The molecule has 2 fully saturated rings. The highest BCUT2D eigenvalue weighted by Gasteiger charge is 2.55. The number of carbonyl (C=O) groups excluding carboxylic acids is 3. The molecule has 11 heteroatoms. The number of carbonyl (C=O) groups is 3. The number of nitrogens with zero attached hydrogens (tertiary/aromatic N) is 2. The number of hydrogen-bond donors (Lipinski definition) is 2. The van der Waals surface area contributed by atoms with Gasteiger partial charge in [0.15, 0.2) is 0 Å². The Labute approximate surface area is 217 Å². The lowest BCUT2D eigenvalue weighted by atomic mass is 9.93. The van der Waals surface area contributed by atoms with Gasteiger partial charge in [0.2, 0.25) is 17.7 Å². The predicted molar refractivity (Wildman–Crippen MR) is 130 cm³/mol. The second-order valence-corrected chi connectivity index (χ2v) is 9.48. The van der Waals surface area contributed by atoms with Crippen LogP contribution in [0.25, 0.3) is 0 Å². The van der Waals surface area contributed by atoms with Crippen molar-refractivity contribution < 1.29 is 32.3 Å². The van der Waals surface area contributed by atoms with Crippen LogP contribution in [0.2, 0.25) is 0 Å². The Balaban J connectivity index is 1.47. The van der Waals surface area contributed by atoms with Crippen molar-refractivity contribution in [2.75, 3.05) is 6.54 Å². The molecule has 1 saturated heterocycles. The molecule has 3 N–H and O–H groups in total. The molecule has 38 heavy (non-hydrogen) atoms. The number of ether oxygens (including phenoxy) is 1. The summed E-state index contributed by atoms with van der Waals surface area (Å²) in [5.74, 6) is 3.99. The normalized spacial score (nSPS) is 18.6. The number of likely N-dealkylation sites (tertiary alicyclic amines) is 1. The molecule has 8 nitrogen and oxygen atoms in total. The highest BCUT2D eigenvalue weighted by atomic mass is 19.4. The van der Waals surface area contributed by atoms with Crippen LogP contribution in [0.15, 0.2) is 42.5 Å². The van der Waals surface area contributed by atoms with Crippen LogP contribution in [0.4, 0.5) is 13.2 Å². The second kappa shape index (κ2) is 10.7. The average Bonchev–Trinajstić information content (AvgIpc) is 3.50. The first-order valence-electron chi connectivity index (χ1n) is 12.2. The zero-order chi connectivity index (χ0) is 27.5. The maximum absolute atomic E-state index is 13.6. The van der Waals surface area contributed by atoms with Crippen LogP contribution in [0, 0.1) is 18.8 Å². The summed E-state index contributed by atoms with van der Waals surface area (Å²) in [5.41, 5.74) is 6.29. The van der Waals surface area contributed by atoms with E-state index in [2.05, 4.69) is 26.9 Å². The summed E-state index contributed by atoms with van der Waals surface area (Å²) in [6.07, 6.45) is -2.93. The van der Waals surface area contributed by atoms with E-state index in [1.165, 1.54) is 29.2 Å². The zero-order valence-corrected chi connectivity index (χ0v) is 20.7. The quantitative estimate of drug-likeness (QED) is 0.537. The predicted octanol–water partition coefficient (Wildman–Crippen LogP) is 2.72. The lowest BCUT2D eigenvalue weighted by Gasteiger charge is -2.29. The molecule has 1 aromatic carbocycles. The third-order valence-electron chi connectivity index (χ3n) is 6.60. The van der Waals surface area contributed by atoms with Gasteiger partial charge < -0.3 is 20.7 Å². The van der Waals surface area contributed by atoms with Crippen LogP contribution in [0.3, 0.4) is 0 Å². The second-order valence-electron chi connectivity index (χ2n) is 9.48. The van der Waals surface area contributed by atoms with E-state index < -0.39 is 35.7 Å². The molecule has 1 aliphatic carbocycles. The number of aryl methyl sites for hydroxylation is 1. The molecule has 1 aromatic heterocycles. The summed E-state index contributed by atoms with van der Waals surface area (Å²) < 4.78 is 41.4. The van der Waals surface area contributed by atoms with Gasteiger partial charge in [-0.05, 0) is 68.4 Å². The lowest BCUT2D eigenvalue weighted by Crippen LogP contribution is -2.51. The highest BCUT2D eigenvalue weighted by molar-refractivity contribution is 5.96. The zero-order valence-electron chi connectivity index (χ0n) is 20.7. The smallest absolute Gasteiger partial charge is 0.406 e. The summed E-state index contributed by atoms with van der Waals surface area (Å²) >= 11 is 0. The fourth-order valence-corrected chi connectivity index (χ4v) is 4.66. The number of primary amides is 1. The molecule has 2 heterocycles. The fraction of sp³-hybridized carbons (Fsp3) is 0.407. The minimum Gasteiger partial charge on any atom is -0.406 e.